The molecule has 0 amide bonds. The molecule has 1 aliphatic heterocycles. The van der Waals surface area contributed by atoms with Gasteiger partial charge in [-0.05, 0) is 30.5 Å². The molecule has 0 radical (unpaired) electrons. The second-order valence-electron chi connectivity index (χ2n) is 5.52. The molecule has 1 aromatic carbocycles. The predicted molar refractivity (Wildman–Crippen MR) is 69.1 cm³/mol. The van der Waals surface area contributed by atoms with E-state index >= 15 is 0 Å². The van der Waals surface area contributed by atoms with Crippen LogP contribution in [0.4, 0.5) is 4.39 Å². The fourth-order valence-corrected chi connectivity index (χ4v) is 3.67. The van der Waals surface area contributed by atoms with E-state index in [1.54, 1.807) is 18.6 Å². The lowest BCUT2D eigenvalue weighted by Crippen LogP contribution is -2.24. The second kappa shape index (κ2) is 3.90. The summed E-state index contributed by atoms with van der Waals surface area (Å²) in [5.41, 5.74) is 2.99. The number of aliphatic hydroxyl groups is 1. The molecule has 2 heterocycles. The number of imidazole rings is 1. The van der Waals surface area contributed by atoms with Crippen molar-refractivity contribution in [1.82, 2.24) is 9.55 Å². The van der Waals surface area contributed by atoms with Gasteiger partial charge in [0.15, 0.2) is 0 Å². The minimum absolute atomic E-state index is 0.102. The normalized spacial score (nSPS) is 28.4. The van der Waals surface area contributed by atoms with Gasteiger partial charge in [-0.15, -0.1) is 0 Å². The number of hydrogen-bond donors (Lipinski definition) is 1. The van der Waals surface area contributed by atoms with Crippen LogP contribution in [-0.2, 0) is 0 Å². The number of rotatable bonds is 1. The van der Waals surface area contributed by atoms with Gasteiger partial charge in [-0.1, -0.05) is 12.5 Å². The van der Waals surface area contributed by atoms with Crippen molar-refractivity contribution in [2.45, 2.75) is 31.4 Å². The third-order valence-corrected chi connectivity index (χ3v) is 4.51. The Hall–Kier alpha value is -1.68. The van der Waals surface area contributed by atoms with Crippen molar-refractivity contribution >= 4 is 0 Å². The van der Waals surface area contributed by atoms with Crippen LogP contribution in [0.3, 0.4) is 0 Å². The van der Waals surface area contributed by atoms with Crippen molar-refractivity contribution in [3.8, 4) is 11.3 Å². The summed E-state index contributed by atoms with van der Waals surface area (Å²) in [6, 6.07) is 5.04. The zero-order chi connectivity index (χ0) is 13.0. The molecule has 0 saturated heterocycles. The average molecular weight is 258 g/mol. The summed E-state index contributed by atoms with van der Waals surface area (Å²) >= 11 is 0. The Balaban J connectivity index is 1.89. The van der Waals surface area contributed by atoms with E-state index in [9.17, 15) is 9.50 Å². The highest BCUT2D eigenvalue weighted by Crippen LogP contribution is 2.47. The molecule has 19 heavy (non-hydrogen) atoms. The van der Waals surface area contributed by atoms with Crippen LogP contribution in [0.5, 0.6) is 0 Å². The number of hydrogen-bond acceptors (Lipinski definition) is 2. The van der Waals surface area contributed by atoms with Gasteiger partial charge in [0.25, 0.3) is 0 Å². The maximum absolute atomic E-state index is 13.5. The first-order chi connectivity index (χ1) is 9.25. The van der Waals surface area contributed by atoms with Crippen LogP contribution < -0.4 is 0 Å². The first kappa shape index (κ1) is 11.2. The number of fused-ring (bicyclic) bond motifs is 3. The molecule has 98 valence electrons. The van der Waals surface area contributed by atoms with Gasteiger partial charge < -0.3 is 9.67 Å². The first-order valence-corrected chi connectivity index (χ1v) is 6.75. The topological polar surface area (TPSA) is 38.1 Å². The highest BCUT2D eigenvalue weighted by Gasteiger charge is 2.39. The van der Waals surface area contributed by atoms with Gasteiger partial charge in [0.05, 0.1) is 30.4 Å². The largest absolute Gasteiger partial charge is 0.393 e. The molecule has 1 aliphatic carbocycles. The maximum atomic E-state index is 13.5. The van der Waals surface area contributed by atoms with Crippen molar-refractivity contribution < 1.29 is 9.50 Å². The molecule has 0 spiro atoms. The predicted octanol–water partition coefficient (Wildman–Crippen LogP) is 2.75. The van der Waals surface area contributed by atoms with E-state index in [1.165, 1.54) is 6.07 Å². The van der Waals surface area contributed by atoms with Crippen molar-refractivity contribution in [1.29, 1.82) is 0 Å². The van der Waals surface area contributed by atoms with Crippen LogP contribution in [0.25, 0.3) is 11.3 Å². The number of benzene rings is 1. The number of halogens is 1. The maximum Gasteiger partial charge on any atom is 0.123 e. The standard InChI is InChI=1S/C15H15FN2O/c16-9-4-5-10-12(6-9)13-7-17-8-18(13)15(10)11-2-1-3-14(11)19/h4-8,11,14-15,19H,1-3H2/t11-,14-,15+/m0/s1. The molecule has 2 aliphatic rings. The second-order valence-corrected chi connectivity index (χ2v) is 5.52. The molecule has 1 aromatic heterocycles. The molecule has 0 bridgehead atoms. The lowest BCUT2D eigenvalue weighted by atomic mass is 9.90. The summed E-state index contributed by atoms with van der Waals surface area (Å²) in [5, 5.41) is 10.2. The molecule has 3 atom stereocenters. The summed E-state index contributed by atoms with van der Waals surface area (Å²) in [5.74, 6) is -0.0150. The van der Waals surface area contributed by atoms with Gasteiger partial charge in [0.2, 0.25) is 0 Å². The van der Waals surface area contributed by atoms with Gasteiger partial charge in [-0.3, -0.25) is 0 Å². The van der Waals surface area contributed by atoms with E-state index in [-0.39, 0.29) is 23.9 Å². The molecule has 0 unspecified atom stereocenters. The van der Waals surface area contributed by atoms with Gasteiger partial charge in [-0.2, -0.15) is 0 Å². The molecule has 4 rings (SSSR count). The number of nitrogens with zero attached hydrogens (tertiary/aromatic N) is 2. The Bertz CT molecular complexity index is 637. The zero-order valence-electron chi connectivity index (χ0n) is 10.5. The Labute approximate surface area is 110 Å². The van der Waals surface area contributed by atoms with Crippen LogP contribution in [0, 0.1) is 11.7 Å². The Morgan fingerprint density at radius 2 is 2.21 bits per heavy atom. The molecule has 1 fully saturated rings. The quantitative estimate of drug-likeness (QED) is 0.854. The zero-order valence-corrected chi connectivity index (χ0v) is 10.5. The molecule has 3 nitrogen and oxygen atoms in total. The van der Waals surface area contributed by atoms with E-state index < -0.39 is 0 Å². The monoisotopic (exact) mass is 258 g/mol. The molecule has 1 N–H and O–H groups in total. The summed E-state index contributed by atoms with van der Waals surface area (Å²) < 4.78 is 15.6. The van der Waals surface area contributed by atoms with Crippen molar-refractivity contribution in [3.05, 3.63) is 42.1 Å². The van der Waals surface area contributed by atoms with Crippen LogP contribution in [0.15, 0.2) is 30.7 Å². The smallest absolute Gasteiger partial charge is 0.123 e. The molecule has 2 aromatic rings. The van der Waals surface area contributed by atoms with Gasteiger partial charge in [0, 0.05) is 11.5 Å². The third-order valence-electron chi connectivity index (χ3n) is 4.51. The van der Waals surface area contributed by atoms with E-state index in [4.69, 9.17) is 0 Å². The van der Waals surface area contributed by atoms with Crippen molar-refractivity contribution in [2.75, 3.05) is 0 Å². The Morgan fingerprint density at radius 1 is 1.32 bits per heavy atom. The molecule has 1 saturated carbocycles. The van der Waals surface area contributed by atoms with Crippen molar-refractivity contribution in [3.63, 3.8) is 0 Å². The third kappa shape index (κ3) is 1.49. The van der Waals surface area contributed by atoms with Crippen molar-refractivity contribution in [2.24, 2.45) is 5.92 Å². The number of aromatic nitrogens is 2. The molecular formula is C15H15FN2O. The highest BCUT2D eigenvalue weighted by molar-refractivity contribution is 5.69. The van der Waals surface area contributed by atoms with E-state index in [1.807, 2.05) is 6.07 Å². The first-order valence-electron chi connectivity index (χ1n) is 6.75. The van der Waals surface area contributed by atoms with E-state index in [2.05, 4.69) is 9.55 Å². The van der Waals surface area contributed by atoms with E-state index in [0.717, 1.165) is 36.1 Å². The molecule has 4 heteroatoms. The summed E-state index contributed by atoms with van der Waals surface area (Å²) in [7, 11) is 0. The minimum Gasteiger partial charge on any atom is -0.393 e. The fraction of sp³-hybridized carbons (Fsp3) is 0.400. The average Bonchev–Trinajstić information content (AvgIpc) is 3.05. The Morgan fingerprint density at radius 3 is 3.00 bits per heavy atom. The SMILES string of the molecule is O[C@H]1CCC[C@@H]1[C@H]1c2ccc(F)cc2-c2cncn21. The minimum atomic E-state index is -0.267. The lowest BCUT2D eigenvalue weighted by molar-refractivity contribution is 0.112. The number of aliphatic hydroxyl groups excluding tert-OH is 1. The van der Waals surface area contributed by atoms with Gasteiger partial charge in [0.1, 0.15) is 5.82 Å². The Kier molecular flexibility index (Phi) is 2.30. The van der Waals surface area contributed by atoms with Crippen LogP contribution in [0.1, 0.15) is 30.9 Å². The fourth-order valence-electron chi connectivity index (χ4n) is 3.67. The van der Waals surface area contributed by atoms with Crippen LogP contribution in [-0.4, -0.2) is 20.8 Å². The summed E-state index contributed by atoms with van der Waals surface area (Å²) in [6.45, 7) is 0. The summed E-state index contributed by atoms with van der Waals surface area (Å²) in [4.78, 5) is 4.18. The van der Waals surface area contributed by atoms with E-state index in [0.29, 0.717) is 0 Å². The van der Waals surface area contributed by atoms with Gasteiger partial charge >= 0.3 is 0 Å². The van der Waals surface area contributed by atoms with Crippen LogP contribution >= 0.6 is 0 Å². The van der Waals surface area contributed by atoms with Gasteiger partial charge in [-0.25, -0.2) is 9.37 Å². The molecular weight excluding hydrogens is 243 g/mol. The van der Waals surface area contributed by atoms with Crippen LogP contribution in [0.2, 0.25) is 0 Å². The highest BCUT2D eigenvalue weighted by atomic mass is 19.1. The summed E-state index contributed by atoms with van der Waals surface area (Å²) in [6.07, 6.45) is 6.24. The lowest BCUT2D eigenvalue weighted by Gasteiger charge is -2.24.